The molecule has 0 aliphatic heterocycles. The Morgan fingerprint density at radius 3 is 2.65 bits per heavy atom. The molecule has 0 heterocycles. The molecule has 2 rings (SSSR count). The number of halogens is 1. The van der Waals surface area contributed by atoms with E-state index in [1.807, 2.05) is 49.4 Å². The van der Waals surface area contributed by atoms with Gasteiger partial charge in [-0.1, -0.05) is 48.9 Å². The third kappa shape index (κ3) is 6.86. The molecule has 5 nitrogen and oxygen atoms in total. The molecule has 0 aliphatic carbocycles. The first kappa shape index (κ1) is 19.9. The van der Waals surface area contributed by atoms with Crippen LogP contribution in [-0.2, 0) is 27.5 Å². The molecular weight excluding hydrogens is 352 g/mol. The Morgan fingerprint density at radius 2 is 1.88 bits per heavy atom. The number of benzene rings is 2. The lowest BCUT2D eigenvalue weighted by Gasteiger charge is -2.09. The summed E-state index contributed by atoms with van der Waals surface area (Å²) in [6, 6.07) is 14.8. The molecule has 6 heteroatoms. The van der Waals surface area contributed by atoms with Crippen molar-refractivity contribution in [3.8, 4) is 0 Å². The summed E-state index contributed by atoms with van der Waals surface area (Å²) in [6.07, 6.45) is 1.29. The summed E-state index contributed by atoms with van der Waals surface area (Å²) >= 11 is 6.04. The average Bonchev–Trinajstić information content (AvgIpc) is 2.62. The van der Waals surface area contributed by atoms with Gasteiger partial charge in [-0.3, -0.25) is 9.59 Å². The quantitative estimate of drug-likeness (QED) is 0.699. The van der Waals surface area contributed by atoms with Crippen molar-refractivity contribution in [2.75, 3.05) is 11.9 Å². The number of hydrogen-bond donors (Lipinski definition) is 2. The molecule has 0 aliphatic rings. The van der Waals surface area contributed by atoms with E-state index in [0.29, 0.717) is 18.0 Å². The Balaban J connectivity index is 1.75. The molecule has 138 valence electrons. The smallest absolute Gasteiger partial charge is 0.246 e. The Hall–Kier alpha value is -2.37. The molecule has 0 radical (unpaired) electrons. The molecule has 2 aromatic rings. The Kier molecular flexibility index (Phi) is 8.12. The van der Waals surface area contributed by atoms with E-state index in [9.17, 15) is 9.59 Å². The number of ether oxygens (including phenoxy) is 1. The third-order valence-electron chi connectivity index (χ3n) is 3.63. The highest BCUT2D eigenvalue weighted by Crippen LogP contribution is 2.15. The van der Waals surface area contributed by atoms with Crippen LogP contribution in [0.2, 0.25) is 5.02 Å². The van der Waals surface area contributed by atoms with Gasteiger partial charge in [-0.15, -0.1) is 0 Å². The van der Waals surface area contributed by atoms with Crippen molar-refractivity contribution in [3.05, 3.63) is 64.7 Å². The minimum atomic E-state index is -0.211. The first-order valence-electron chi connectivity index (χ1n) is 8.55. The molecule has 2 amide bonds. The number of hydrogen-bond acceptors (Lipinski definition) is 3. The van der Waals surface area contributed by atoms with Gasteiger partial charge in [0.1, 0.15) is 6.61 Å². The zero-order chi connectivity index (χ0) is 18.8. The van der Waals surface area contributed by atoms with E-state index >= 15 is 0 Å². The van der Waals surface area contributed by atoms with Crippen LogP contribution in [0.25, 0.3) is 0 Å². The van der Waals surface area contributed by atoms with Crippen molar-refractivity contribution < 1.29 is 14.3 Å². The van der Waals surface area contributed by atoms with E-state index < -0.39 is 0 Å². The van der Waals surface area contributed by atoms with Gasteiger partial charge in [-0.05, 0) is 35.7 Å². The predicted octanol–water partition coefficient (Wildman–Crippen LogP) is 3.91. The maximum atomic E-state index is 11.9. The van der Waals surface area contributed by atoms with E-state index in [4.69, 9.17) is 16.3 Å². The maximum Gasteiger partial charge on any atom is 0.246 e. The standard InChI is InChI=1S/C20H23ClN2O3/c1-2-6-19(24)23-17-9-5-7-15(11-17)12-22-20(25)14-26-13-16-8-3-4-10-18(16)21/h3-5,7-11H,2,6,12-14H2,1H3,(H,22,25)(H,23,24). The fourth-order valence-electron chi connectivity index (χ4n) is 2.33. The summed E-state index contributed by atoms with van der Waals surface area (Å²) in [5.74, 6) is -0.223. The van der Waals surface area contributed by atoms with Gasteiger partial charge in [-0.25, -0.2) is 0 Å². The number of carbonyl (C=O) groups excluding carboxylic acids is 2. The lowest BCUT2D eigenvalue weighted by molar-refractivity contribution is -0.126. The Morgan fingerprint density at radius 1 is 1.08 bits per heavy atom. The van der Waals surface area contributed by atoms with Crippen molar-refractivity contribution in [1.29, 1.82) is 0 Å². The van der Waals surface area contributed by atoms with Gasteiger partial charge in [0.15, 0.2) is 0 Å². The molecule has 0 unspecified atom stereocenters. The maximum absolute atomic E-state index is 11.9. The second kappa shape index (κ2) is 10.6. The minimum Gasteiger partial charge on any atom is -0.367 e. The normalized spacial score (nSPS) is 10.4. The second-order valence-corrected chi connectivity index (χ2v) is 6.27. The van der Waals surface area contributed by atoms with E-state index in [1.165, 1.54) is 0 Å². The number of rotatable bonds is 9. The van der Waals surface area contributed by atoms with Gasteiger partial charge in [0.2, 0.25) is 11.8 Å². The number of carbonyl (C=O) groups is 2. The predicted molar refractivity (Wildman–Crippen MR) is 103 cm³/mol. The molecule has 0 saturated carbocycles. The second-order valence-electron chi connectivity index (χ2n) is 5.86. The fourth-order valence-corrected chi connectivity index (χ4v) is 2.52. The van der Waals surface area contributed by atoms with Crippen LogP contribution in [0.15, 0.2) is 48.5 Å². The molecular formula is C20H23ClN2O3. The number of anilines is 1. The SMILES string of the molecule is CCCC(=O)Nc1cccc(CNC(=O)COCc2ccccc2Cl)c1. The Labute approximate surface area is 158 Å². The lowest BCUT2D eigenvalue weighted by atomic mass is 10.2. The van der Waals surface area contributed by atoms with Gasteiger partial charge >= 0.3 is 0 Å². The molecule has 0 bridgehead atoms. The van der Waals surface area contributed by atoms with Crippen LogP contribution < -0.4 is 10.6 Å². The number of amides is 2. The molecule has 0 aromatic heterocycles. The molecule has 26 heavy (non-hydrogen) atoms. The summed E-state index contributed by atoms with van der Waals surface area (Å²) < 4.78 is 5.40. The van der Waals surface area contributed by atoms with E-state index in [-0.39, 0.29) is 25.0 Å². The van der Waals surface area contributed by atoms with Crippen molar-refractivity contribution >= 4 is 29.1 Å². The van der Waals surface area contributed by atoms with Crippen molar-refractivity contribution in [3.63, 3.8) is 0 Å². The molecule has 2 N–H and O–H groups in total. The summed E-state index contributed by atoms with van der Waals surface area (Å²) in [5, 5.41) is 6.26. The summed E-state index contributed by atoms with van der Waals surface area (Å²) in [6.45, 7) is 2.56. The van der Waals surface area contributed by atoms with Gasteiger partial charge in [0, 0.05) is 23.7 Å². The monoisotopic (exact) mass is 374 g/mol. The van der Waals surface area contributed by atoms with E-state index in [2.05, 4.69) is 10.6 Å². The highest BCUT2D eigenvalue weighted by Gasteiger charge is 2.05. The molecule has 0 fully saturated rings. The van der Waals surface area contributed by atoms with Crippen LogP contribution in [0.5, 0.6) is 0 Å². The van der Waals surface area contributed by atoms with Crippen molar-refractivity contribution in [2.45, 2.75) is 32.9 Å². The van der Waals surface area contributed by atoms with Crippen LogP contribution >= 0.6 is 11.6 Å². The molecule has 0 spiro atoms. The summed E-state index contributed by atoms with van der Waals surface area (Å²) in [5.41, 5.74) is 2.47. The zero-order valence-corrected chi connectivity index (χ0v) is 15.5. The highest BCUT2D eigenvalue weighted by atomic mass is 35.5. The highest BCUT2D eigenvalue weighted by molar-refractivity contribution is 6.31. The topological polar surface area (TPSA) is 67.4 Å². The van der Waals surface area contributed by atoms with Gasteiger partial charge < -0.3 is 15.4 Å². The molecule has 0 saturated heterocycles. The minimum absolute atomic E-state index is 0.0124. The van der Waals surface area contributed by atoms with Crippen LogP contribution in [-0.4, -0.2) is 18.4 Å². The van der Waals surface area contributed by atoms with Crippen LogP contribution in [0.1, 0.15) is 30.9 Å². The van der Waals surface area contributed by atoms with Crippen LogP contribution in [0.3, 0.4) is 0 Å². The van der Waals surface area contributed by atoms with Crippen LogP contribution in [0, 0.1) is 0 Å². The molecule has 0 atom stereocenters. The lowest BCUT2D eigenvalue weighted by Crippen LogP contribution is -2.27. The zero-order valence-electron chi connectivity index (χ0n) is 14.8. The van der Waals surface area contributed by atoms with E-state index in [0.717, 1.165) is 23.2 Å². The fraction of sp³-hybridized carbons (Fsp3) is 0.300. The largest absolute Gasteiger partial charge is 0.367 e. The third-order valence-corrected chi connectivity index (χ3v) is 3.99. The summed E-state index contributed by atoms with van der Waals surface area (Å²) in [7, 11) is 0. The molecule has 2 aromatic carbocycles. The van der Waals surface area contributed by atoms with Crippen LogP contribution in [0.4, 0.5) is 5.69 Å². The average molecular weight is 375 g/mol. The van der Waals surface area contributed by atoms with Gasteiger partial charge in [0.25, 0.3) is 0 Å². The van der Waals surface area contributed by atoms with Crippen molar-refractivity contribution in [1.82, 2.24) is 5.32 Å². The van der Waals surface area contributed by atoms with Crippen molar-refractivity contribution in [2.24, 2.45) is 0 Å². The first-order valence-corrected chi connectivity index (χ1v) is 8.93. The first-order chi connectivity index (χ1) is 12.6. The summed E-state index contributed by atoms with van der Waals surface area (Å²) in [4.78, 5) is 23.5. The number of nitrogens with one attached hydrogen (secondary N) is 2. The van der Waals surface area contributed by atoms with E-state index in [1.54, 1.807) is 6.07 Å². The Bertz CT molecular complexity index is 749. The van der Waals surface area contributed by atoms with Gasteiger partial charge in [0.05, 0.1) is 6.61 Å². The van der Waals surface area contributed by atoms with Gasteiger partial charge in [-0.2, -0.15) is 0 Å².